The number of phenols is 1. The molecule has 5 aromatic rings. The van der Waals surface area contributed by atoms with Crippen molar-refractivity contribution in [3.05, 3.63) is 121 Å². The Hall–Kier alpha value is -5.03. The summed E-state index contributed by atoms with van der Waals surface area (Å²) in [5, 5.41) is 15.2. The van der Waals surface area contributed by atoms with E-state index in [1.807, 2.05) is 116 Å². The third kappa shape index (κ3) is 6.02. The molecule has 1 amide bonds. The predicted molar refractivity (Wildman–Crippen MR) is 157 cm³/mol. The zero-order chi connectivity index (χ0) is 26.3. The molecule has 0 aromatic heterocycles. The Morgan fingerprint density at radius 2 is 1.39 bits per heavy atom. The number of phenolic OH excluding ortho intramolecular Hbond substituents is 1. The Kier molecular flexibility index (Phi) is 7.37. The van der Waals surface area contributed by atoms with Crippen LogP contribution in [0.4, 0.5) is 17.1 Å². The lowest BCUT2D eigenvalue weighted by Crippen LogP contribution is -2.14. The fraction of sp³-hybridized carbons (Fsp3) is 0.0606. The maximum atomic E-state index is 12.3. The molecule has 0 saturated carbocycles. The van der Waals surface area contributed by atoms with Crippen LogP contribution in [-0.4, -0.2) is 22.9 Å². The van der Waals surface area contributed by atoms with E-state index in [2.05, 4.69) is 15.3 Å². The van der Waals surface area contributed by atoms with Crippen LogP contribution in [0.1, 0.15) is 18.9 Å². The third-order valence-corrected chi connectivity index (χ3v) is 6.15. The van der Waals surface area contributed by atoms with Crippen LogP contribution in [0.15, 0.2) is 125 Å². The summed E-state index contributed by atoms with van der Waals surface area (Å²) in [7, 11) is 0. The van der Waals surface area contributed by atoms with Crippen molar-refractivity contribution >= 4 is 45.7 Å². The lowest BCUT2D eigenvalue weighted by atomic mass is 10.0. The summed E-state index contributed by atoms with van der Waals surface area (Å²) in [6, 6.07) is 36.8. The SMILES string of the molecule is CC(CC(=O)Nc1ccccc1)=Nc1ccc(-c2ccc(N=Cc3c(O)ccc4ccccc34)cc2)cc1. The number of para-hydroxylation sites is 1. The van der Waals surface area contributed by atoms with Gasteiger partial charge in [0.2, 0.25) is 5.91 Å². The molecule has 38 heavy (non-hydrogen) atoms. The molecule has 186 valence electrons. The number of nitrogens with one attached hydrogen (secondary N) is 1. The van der Waals surface area contributed by atoms with Gasteiger partial charge in [0, 0.05) is 23.2 Å². The lowest BCUT2D eigenvalue weighted by Gasteiger charge is -2.06. The highest BCUT2D eigenvalue weighted by atomic mass is 16.3. The van der Waals surface area contributed by atoms with Crippen LogP contribution in [0.5, 0.6) is 5.75 Å². The summed E-state index contributed by atoms with van der Waals surface area (Å²) in [4.78, 5) is 21.4. The largest absolute Gasteiger partial charge is 0.507 e. The molecule has 0 bridgehead atoms. The van der Waals surface area contributed by atoms with Crippen LogP contribution in [-0.2, 0) is 4.79 Å². The summed E-state index contributed by atoms with van der Waals surface area (Å²) < 4.78 is 0. The van der Waals surface area contributed by atoms with Crippen LogP contribution in [0.2, 0.25) is 0 Å². The highest BCUT2D eigenvalue weighted by Gasteiger charge is 2.06. The molecule has 0 aliphatic carbocycles. The molecular formula is C33H27N3O2. The Morgan fingerprint density at radius 3 is 2.11 bits per heavy atom. The standard InChI is InChI=1S/C33H27N3O2/c1-23(21-33(38)36-28-8-3-2-4-9-28)35-29-18-13-25(14-19-29)24-11-16-27(17-12-24)34-22-31-30-10-6-5-7-26(30)15-20-32(31)37/h2-20,22,37H,21H2,1H3,(H,36,38). The van der Waals surface area contributed by atoms with Crippen LogP contribution in [0.3, 0.4) is 0 Å². The molecule has 0 radical (unpaired) electrons. The van der Waals surface area contributed by atoms with Gasteiger partial charge in [-0.1, -0.05) is 72.8 Å². The number of hydrogen-bond donors (Lipinski definition) is 2. The van der Waals surface area contributed by atoms with E-state index in [9.17, 15) is 9.90 Å². The minimum atomic E-state index is -0.0903. The van der Waals surface area contributed by atoms with E-state index in [1.54, 1.807) is 12.3 Å². The summed E-state index contributed by atoms with van der Waals surface area (Å²) in [5.74, 6) is 0.117. The summed E-state index contributed by atoms with van der Waals surface area (Å²) in [5.41, 5.74) is 5.94. The average Bonchev–Trinajstić information content (AvgIpc) is 2.94. The molecule has 0 aliphatic heterocycles. The molecule has 0 saturated heterocycles. The molecule has 5 heteroatoms. The average molecular weight is 498 g/mol. The number of anilines is 1. The quantitative estimate of drug-likeness (QED) is 0.223. The summed E-state index contributed by atoms with van der Waals surface area (Å²) >= 11 is 0. The van der Waals surface area contributed by atoms with Gasteiger partial charge in [-0.05, 0) is 71.3 Å². The first kappa shape index (κ1) is 24.7. The van der Waals surface area contributed by atoms with Gasteiger partial charge in [-0.15, -0.1) is 0 Å². The molecule has 0 unspecified atom stereocenters. The van der Waals surface area contributed by atoms with E-state index in [0.29, 0.717) is 5.56 Å². The van der Waals surface area contributed by atoms with Crippen molar-refractivity contribution < 1.29 is 9.90 Å². The van der Waals surface area contributed by atoms with Gasteiger partial charge in [0.15, 0.2) is 0 Å². The second-order valence-electron chi connectivity index (χ2n) is 9.01. The number of benzene rings is 5. The minimum absolute atomic E-state index is 0.0903. The second kappa shape index (κ2) is 11.4. The minimum Gasteiger partial charge on any atom is -0.507 e. The molecule has 5 rings (SSSR count). The van der Waals surface area contributed by atoms with Gasteiger partial charge in [0.1, 0.15) is 5.75 Å². The molecular weight excluding hydrogens is 470 g/mol. The van der Waals surface area contributed by atoms with Crippen molar-refractivity contribution in [1.82, 2.24) is 0 Å². The molecule has 0 atom stereocenters. The Labute approximate surface area is 221 Å². The summed E-state index contributed by atoms with van der Waals surface area (Å²) in [6.45, 7) is 1.86. The molecule has 5 aromatic carbocycles. The van der Waals surface area contributed by atoms with Crippen molar-refractivity contribution in [2.75, 3.05) is 5.32 Å². The monoisotopic (exact) mass is 497 g/mol. The fourth-order valence-corrected chi connectivity index (χ4v) is 4.25. The molecule has 2 N–H and O–H groups in total. The van der Waals surface area contributed by atoms with E-state index >= 15 is 0 Å². The second-order valence-corrected chi connectivity index (χ2v) is 9.01. The topological polar surface area (TPSA) is 74.0 Å². The van der Waals surface area contributed by atoms with E-state index < -0.39 is 0 Å². The zero-order valence-electron chi connectivity index (χ0n) is 21.0. The first-order chi connectivity index (χ1) is 18.5. The number of carbonyl (C=O) groups excluding carboxylic acids is 1. The number of carbonyl (C=O) groups is 1. The first-order valence-electron chi connectivity index (χ1n) is 12.4. The van der Waals surface area contributed by atoms with Gasteiger partial charge in [-0.2, -0.15) is 0 Å². The van der Waals surface area contributed by atoms with Crippen LogP contribution >= 0.6 is 0 Å². The molecule has 0 heterocycles. The fourth-order valence-electron chi connectivity index (χ4n) is 4.25. The van der Waals surface area contributed by atoms with Gasteiger partial charge in [0.25, 0.3) is 0 Å². The maximum Gasteiger partial charge on any atom is 0.230 e. The van der Waals surface area contributed by atoms with Crippen molar-refractivity contribution in [1.29, 1.82) is 0 Å². The number of hydrogen-bond acceptors (Lipinski definition) is 4. The Morgan fingerprint density at radius 1 is 0.763 bits per heavy atom. The van der Waals surface area contributed by atoms with Gasteiger partial charge in [-0.3, -0.25) is 14.8 Å². The zero-order valence-corrected chi connectivity index (χ0v) is 21.0. The smallest absolute Gasteiger partial charge is 0.230 e. The molecule has 5 nitrogen and oxygen atoms in total. The number of amides is 1. The predicted octanol–water partition coefficient (Wildman–Crippen LogP) is 8.08. The highest BCUT2D eigenvalue weighted by molar-refractivity contribution is 6.06. The van der Waals surface area contributed by atoms with Crippen LogP contribution < -0.4 is 5.32 Å². The van der Waals surface area contributed by atoms with Crippen molar-refractivity contribution in [2.45, 2.75) is 13.3 Å². The first-order valence-corrected chi connectivity index (χ1v) is 12.4. The highest BCUT2D eigenvalue weighted by Crippen LogP contribution is 2.28. The number of aromatic hydroxyl groups is 1. The maximum absolute atomic E-state index is 12.3. The van der Waals surface area contributed by atoms with Crippen LogP contribution in [0.25, 0.3) is 21.9 Å². The molecule has 0 fully saturated rings. The van der Waals surface area contributed by atoms with Crippen molar-refractivity contribution in [2.24, 2.45) is 9.98 Å². The number of nitrogens with zero attached hydrogens (tertiary/aromatic N) is 2. The number of fused-ring (bicyclic) bond motifs is 1. The number of aliphatic imine (C=N–C) groups is 2. The van der Waals surface area contributed by atoms with E-state index in [-0.39, 0.29) is 18.1 Å². The van der Waals surface area contributed by atoms with Crippen molar-refractivity contribution in [3.8, 4) is 16.9 Å². The van der Waals surface area contributed by atoms with Crippen molar-refractivity contribution in [3.63, 3.8) is 0 Å². The van der Waals surface area contributed by atoms with Gasteiger partial charge in [-0.25, -0.2) is 0 Å². The third-order valence-electron chi connectivity index (χ3n) is 6.15. The van der Waals surface area contributed by atoms with Gasteiger partial charge < -0.3 is 10.4 Å². The van der Waals surface area contributed by atoms with Gasteiger partial charge >= 0.3 is 0 Å². The summed E-state index contributed by atoms with van der Waals surface area (Å²) in [6.07, 6.45) is 1.94. The number of rotatable bonds is 7. The van der Waals surface area contributed by atoms with E-state index in [1.165, 1.54) is 0 Å². The van der Waals surface area contributed by atoms with Crippen LogP contribution in [0, 0.1) is 0 Å². The molecule has 0 spiro atoms. The van der Waals surface area contributed by atoms with Gasteiger partial charge in [0.05, 0.1) is 17.8 Å². The lowest BCUT2D eigenvalue weighted by molar-refractivity contribution is -0.115. The van der Waals surface area contributed by atoms with E-state index in [4.69, 9.17) is 0 Å². The molecule has 0 aliphatic rings. The Bertz CT molecular complexity index is 1620. The Balaban J connectivity index is 1.24. The van der Waals surface area contributed by atoms with E-state index in [0.717, 1.165) is 44.7 Å². The normalized spacial score (nSPS) is 11.7.